The van der Waals surface area contributed by atoms with Gasteiger partial charge in [0, 0.05) is 55.0 Å². The molecule has 1 saturated heterocycles. The van der Waals surface area contributed by atoms with Crippen molar-refractivity contribution in [1.82, 2.24) is 24.3 Å². The number of aliphatic hydroxyl groups excluding tert-OH is 1. The molecule has 0 amide bonds. The lowest BCUT2D eigenvalue weighted by Gasteiger charge is -2.26. The molecule has 3 aromatic rings. The van der Waals surface area contributed by atoms with Gasteiger partial charge in [0.15, 0.2) is 0 Å². The molecule has 1 atom stereocenters. The lowest BCUT2D eigenvalue weighted by molar-refractivity contribution is -0.138. The Morgan fingerprint density at radius 2 is 1.82 bits per heavy atom. The molecule has 0 saturated carbocycles. The number of hydrogen-bond donors (Lipinski definition) is 2. The molecule has 2 aromatic carbocycles. The Hall–Kier alpha value is -3.17. The van der Waals surface area contributed by atoms with Crippen LogP contribution in [0.2, 0.25) is 0 Å². The van der Waals surface area contributed by atoms with E-state index in [1.54, 1.807) is 17.8 Å². The van der Waals surface area contributed by atoms with Crippen LogP contribution >= 0.6 is 0 Å². The second-order valence-corrected chi connectivity index (χ2v) is 13.0. The molecule has 44 heavy (non-hydrogen) atoms. The summed E-state index contributed by atoms with van der Waals surface area (Å²) in [5.41, 5.74) is 2.17. The highest BCUT2D eigenvalue weighted by molar-refractivity contribution is 7.88. The maximum atomic E-state index is 13.5. The molecule has 1 aromatic heterocycles. The molecule has 0 bridgehead atoms. The number of β-amino-alcohol motifs (C(OH)–C–C–N with tert-alkyl or cyclic N) is 1. The summed E-state index contributed by atoms with van der Waals surface area (Å²) in [5, 5.41) is 18.2. The van der Waals surface area contributed by atoms with Gasteiger partial charge < -0.3 is 15.3 Å². The zero-order chi connectivity index (χ0) is 32.1. The van der Waals surface area contributed by atoms with Gasteiger partial charge in [-0.1, -0.05) is 18.2 Å². The monoisotopic (exact) mass is 639 g/mol. The summed E-state index contributed by atoms with van der Waals surface area (Å²) >= 11 is 0. The summed E-state index contributed by atoms with van der Waals surface area (Å²) in [4.78, 5) is 12.2. The van der Waals surface area contributed by atoms with Crippen LogP contribution in [0, 0.1) is 5.82 Å². The maximum absolute atomic E-state index is 13.5. The molecule has 1 fully saturated rings. The number of fused-ring (bicyclic) bond motifs is 1. The number of likely N-dealkylation sites (tertiary alicyclic amines) is 1. The van der Waals surface area contributed by atoms with Gasteiger partial charge in [-0.15, -0.1) is 0 Å². The average molecular weight is 640 g/mol. The standard InChI is InChI=1S/C23H32F3N5O3S.C7H5FO/c1-27-12-17-11-16(5-6-20(17)23(24,25)26)22-19-15-30(35(2,33)34)10-7-21(19)31(28-22)14-18(32)13-29-8-3-4-9-29;8-7-3-1-2-6(4-7)5-9/h5-6,11,18,27,32H,3-4,7-10,12-15H2,1-2H3;1-5H. The van der Waals surface area contributed by atoms with Crippen molar-refractivity contribution < 1.29 is 35.9 Å². The molecule has 0 radical (unpaired) electrons. The Balaban J connectivity index is 0.000000421. The van der Waals surface area contributed by atoms with E-state index in [-0.39, 0.29) is 37.6 Å². The second kappa shape index (κ2) is 14.3. The minimum absolute atomic E-state index is 0.0234. The summed E-state index contributed by atoms with van der Waals surface area (Å²) in [5.74, 6) is -0.375. The molecule has 9 nitrogen and oxygen atoms in total. The highest BCUT2D eigenvalue weighted by atomic mass is 32.2. The van der Waals surface area contributed by atoms with Gasteiger partial charge >= 0.3 is 6.18 Å². The lowest BCUT2D eigenvalue weighted by Crippen LogP contribution is -2.37. The Kier molecular flexibility index (Phi) is 10.9. The van der Waals surface area contributed by atoms with Gasteiger partial charge in [-0.25, -0.2) is 12.8 Å². The maximum Gasteiger partial charge on any atom is 0.416 e. The zero-order valence-corrected chi connectivity index (χ0v) is 25.5. The van der Waals surface area contributed by atoms with E-state index in [0.29, 0.717) is 41.6 Å². The fraction of sp³-hybridized carbons (Fsp3) is 0.467. The van der Waals surface area contributed by atoms with Gasteiger partial charge in [0.2, 0.25) is 10.0 Å². The second-order valence-electron chi connectivity index (χ2n) is 11.0. The number of aldehydes is 1. The number of hydrogen-bond acceptors (Lipinski definition) is 7. The minimum atomic E-state index is -4.49. The van der Waals surface area contributed by atoms with E-state index < -0.39 is 27.9 Å². The average Bonchev–Trinajstić information content (AvgIpc) is 3.60. The minimum Gasteiger partial charge on any atom is -0.390 e. The van der Waals surface area contributed by atoms with Gasteiger partial charge in [0.1, 0.15) is 12.1 Å². The van der Waals surface area contributed by atoms with Crippen molar-refractivity contribution in [2.45, 2.75) is 51.2 Å². The SMILES string of the molecule is CNCc1cc(-c2nn(CC(O)CN3CCCC3)c3c2CN(S(C)(=O)=O)CC3)ccc1C(F)(F)F.O=Cc1cccc(F)c1. The first kappa shape index (κ1) is 33.7. The highest BCUT2D eigenvalue weighted by Crippen LogP contribution is 2.36. The normalized spacial score (nSPS) is 16.7. The third-order valence-corrected chi connectivity index (χ3v) is 8.91. The van der Waals surface area contributed by atoms with Crippen LogP contribution in [0.25, 0.3) is 11.3 Å². The number of carbonyl (C=O) groups excluding carboxylic acids is 1. The molecule has 0 aliphatic carbocycles. The van der Waals surface area contributed by atoms with Gasteiger partial charge in [-0.05, 0) is 62.8 Å². The first-order valence-electron chi connectivity index (χ1n) is 14.3. The fourth-order valence-corrected chi connectivity index (χ4v) is 6.37. The van der Waals surface area contributed by atoms with Crippen molar-refractivity contribution in [3.63, 3.8) is 0 Å². The summed E-state index contributed by atoms with van der Waals surface area (Å²) in [6, 6.07) is 9.43. The Morgan fingerprint density at radius 3 is 2.41 bits per heavy atom. The van der Waals surface area contributed by atoms with Crippen LogP contribution in [-0.2, 0) is 42.3 Å². The first-order chi connectivity index (χ1) is 20.8. The van der Waals surface area contributed by atoms with Crippen molar-refractivity contribution >= 4 is 16.3 Å². The first-order valence-corrected chi connectivity index (χ1v) is 16.1. The number of aliphatic hydroxyl groups is 1. The third-order valence-electron chi connectivity index (χ3n) is 7.66. The lowest BCUT2D eigenvalue weighted by atomic mass is 9.97. The molecule has 2 aliphatic rings. The molecular formula is C30H37F4N5O4S. The Bertz CT molecular complexity index is 1560. The van der Waals surface area contributed by atoms with Crippen molar-refractivity contribution in [2.75, 3.05) is 39.5 Å². The number of nitrogens with zero attached hydrogens (tertiary/aromatic N) is 4. The van der Waals surface area contributed by atoms with Crippen molar-refractivity contribution in [3.8, 4) is 11.3 Å². The smallest absolute Gasteiger partial charge is 0.390 e. The van der Waals surface area contributed by atoms with E-state index in [2.05, 4.69) is 10.2 Å². The van der Waals surface area contributed by atoms with E-state index >= 15 is 0 Å². The van der Waals surface area contributed by atoms with E-state index in [1.165, 1.54) is 34.6 Å². The van der Waals surface area contributed by atoms with Crippen molar-refractivity contribution in [1.29, 1.82) is 0 Å². The number of carbonyl (C=O) groups is 1. The number of halogens is 4. The van der Waals surface area contributed by atoms with Gasteiger partial charge in [-0.2, -0.15) is 22.6 Å². The van der Waals surface area contributed by atoms with Crippen LogP contribution in [0.3, 0.4) is 0 Å². The molecule has 0 spiro atoms. The molecule has 240 valence electrons. The topological polar surface area (TPSA) is 108 Å². The van der Waals surface area contributed by atoms with Crippen LogP contribution in [-0.4, -0.2) is 84.4 Å². The number of benzene rings is 2. The van der Waals surface area contributed by atoms with Crippen LogP contribution in [0.1, 0.15) is 45.6 Å². The van der Waals surface area contributed by atoms with Gasteiger partial charge in [-0.3, -0.25) is 9.48 Å². The predicted molar refractivity (Wildman–Crippen MR) is 158 cm³/mol. The Morgan fingerprint density at radius 1 is 1.09 bits per heavy atom. The van der Waals surface area contributed by atoms with Crippen LogP contribution in [0.5, 0.6) is 0 Å². The van der Waals surface area contributed by atoms with E-state index in [1.807, 2.05) is 0 Å². The summed E-state index contributed by atoms with van der Waals surface area (Å²) in [7, 11) is -1.88. The quantitative estimate of drug-likeness (QED) is 0.272. The molecule has 2 aliphatic heterocycles. The number of alkyl halides is 3. The highest BCUT2D eigenvalue weighted by Gasteiger charge is 2.34. The number of sulfonamides is 1. The van der Waals surface area contributed by atoms with Gasteiger partial charge in [0.25, 0.3) is 0 Å². The van der Waals surface area contributed by atoms with E-state index in [9.17, 15) is 35.9 Å². The van der Waals surface area contributed by atoms with Crippen molar-refractivity contribution in [2.24, 2.45) is 0 Å². The Labute approximate surface area is 254 Å². The number of nitrogens with one attached hydrogen (secondary N) is 1. The summed E-state index contributed by atoms with van der Waals surface area (Å²) in [6.45, 7) is 3.06. The zero-order valence-electron chi connectivity index (χ0n) is 24.6. The van der Waals surface area contributed by atoms with Crippen molar-refractivity contribution in [3.05, 3.63) is 76.2 Å². The molecular weight excluding hydrogens is 602 g/mol. The van der Waals surface area contributed by atoms with E-state index in [0.717, 1.165) is 43.9 Å². The summed E-state index contributed by atoms with van der Waals surface area (Å²) in [6.07, 6.45) is -0.762. The van der Waals surface area contributed by atoms with E-state index in [4.69, 9.17) is 5.10 Å². The third kappa shape index (κ3) is 8.51. The number of rotatable bonds is 9. The van der Waals surface area contributed by atoms with Gasteiger partial charge in [0.05, 0.1) is 30.2 Å². The molecule has 5 rings (SSSR count). The predicted octanol–water partition coefficient (Wildman–Crippen LogP) is 3.70. The molecule has 2 N–H and O–H groups in total. The van der Waals surface area contributed by atoms with Crippen LogP contribution in [0.4, 0.5) is 17.6 Å². The number of aromatic nitrogens is 2. The van der Waals surface area contributed by atoms with Crippen LogP contribution in [0.15, 0.2) is 42.5 Å². The fourth-order valence-electron chi connectivity index (χ4n) is 5.59. The van der Waals surface area contributed by atoms with Crippen LogP contribution < -0.4 is 5.32 Å². The largest absolute Gasteiger partial charge is 0.416 e. The molecule has 1 unspecified atom stereocenters. The molecule has 3 heterocycles. The molecule has 14 heteroatoms. The summed E-state index contributed by atoms with van der Waals surface area (Å²) < 4.78 is 80.3.